The number of hydrogen-bond acceptors (Lipinski definition) is 5. The van der Waals surface area contributed by atoms with Crippen molar-refractivity contribution in [2.75, 3.05) is 0 Å². The Morgan fingerprint density at radius 3 is 2.21 bits per heavy atom. The SMILES string of the molecule is O=C([O-])[C@H](Cc1ccccc1)NS(=O)(=O)c1ccc(Oc2ccccc2Cl)cc1. The minimum Gasteiger partial charge on any atom is -0.548 e. The van der Waals surface area contributed by atoms with Crippen LogP contribution in [-0.2, 0) is 21.2 Å². The third kappa shape index (κ3) is 5.57. The highest BCUT2D eigenvalue weighted by molar-refractivity contribution is 7.89. The highest BCUT2D eigenvalue weighted by Gasteiger charge is 2.21. The van der Waals surface area contributed by atoms with E-state index in [1.807, 2.05) is 0 Å². The predicted octanol–water partition coefficient (Wildman–Crippen LogP) is 2.77. The van der Waals surface area contributed by atoms with Crippen molar-refractivity contribution in [3.05, 3.63) is 89.4 Å². The largest absolute Gasteiger partial charge is 0.548 e. The van der Waals surface area contributed by atoms with E-state index in [9.17, 15) is 18.3 Å². The number of carboxylic acid groups (broad SMARTS) is 1. The molecule has 29 heavy (non-hydrogen) atoms. The first-order chi connectivity index (χ1) is 13.8. The number of carbonyl (C=O) groups excluding carboxylic acids is 1. The molecule has 1 atom stereocenters. The highest BCUT2D eigenvalue weighted by Crippen LogP contribution is 2.29. The van der Waals surface area contributed by atoms with Crippen LogP contribution in [0.15, 0.2) is 83.8 Å². The van der Waals surface area contributed by atoms with Gasteiger partial charge < -0.3 is 14.6 Å². The lowest BCUT2D eigenvalue weighted by atomic mass is 10.1. The Kier molecular flexibility index (Phi) is 6.53. The maximum atomic E-state index is 12.6. The molecule has 0 amide bonds. The number of para-hydroxylation sites is 1. The summed E-state index contributed by atoms with van der Waals surface area (Å²) in [6.07, 6.45) is -0.0316. The van der Waals surface area contributed by atoms with Gasteiger partial charge in [-0.05, 0) is 48.4 Å². The number of halogens is 1. The monoisotopic (exact) mass is 430 g/mol. The van der Waals surface area contributed by atoms with Crippen LogP contribution in [-0.4, -0.2) is 20.4 Å². The Morgan fingerprint density at radius 1 is 0.966 bits per heavy atom. The van der Waals surface area contributed by atoms with E-state index in [0.29, 0.717) is 22.1 Å². The van der Waals surface area contributed by atoms with Gasteiger partial charge in [0, 0.05) is 0 Å². The van der Waals surface area contributed by atoms with E-state index in [2.05, 4.69) is 4.72 Å². The molecule has 0 heterocycles. The normalized spacial score (nSPS) is 12.3. The molecule has 3 aromatic rings. The second-order valence-electron chi connectivity index (χ2n) is 6.19. The fourth-order valence-electron chi connectivity index (χ4n) is 2.62. The molecule has 0 aliphatic rings. The molecule has 0 aliphatic carbocycles. The van der Waals surface area contributed by atoms with Crippen LogP contribution >= 0.6 is 11.6 Å². The minimum atomic E-state index is -4.07. The van der Waals surface area contributed by atoms with Gasteiger partial charge in [-0.25, -0.2) is 13.1 Å². The Labute approximate surface area is 173 Å². The molecule has 1 N–H and O–H groups in total. The summed E-state index contributed by atoms with van der Waals surface area (Å²) >= 11 is 6.04. The number of nitrogens with one attached hydrogen (secondary N) is 1. The van der Waals surface area contributed by atoms with Crippen LogP contribution in [0, 0.1) is 0 Å². The van der Waals surface area contributed by atoms with Crippen LogP contribution in [0.25, 0.3) is 0 Å². The zero-order valence-electron chi connectivity index (χ0n) is 15.1. The van der Waals surface area contributed by atoms with E-state index in [4.69, 9.17) is 16.3 Å². The van der Waals surface area contributed by atoms with Gasteiger partial charge in [-0.1, -0.05) is 54.1 Å². The smallest absolute Gasteiger partial charge is 0.241 e. The van der Waals surface area contributed by atoms with E-state index in [1.54, 1.807) is 54.6 Å². The van der Waals surface area contributed by atoms with Crippen molar-refractivity contribution in [1.82, 2.24) is 4.72 Å². The third-order valence-corrected chi connectivity index (χ3v) is 5.86. The van der Waals surface area contributed by atoms with Crippen LogP contribution in [0.2, 0.25) is 5.02 Å². The van der Waals surface area contributed by atoms with Gasteiger partial charge in [0.05, 0.1) is 21.9 Å². The quantitative estimate of drug-likeness (QED) is 0.592. The lowest BCUT2D eigenvalue weighted by molar-refractivity contribution is -0.307. The fraction of sp³-hybridized carbons (Fsp3) is 0.0952. The molecule has 8 heteroatoms. The standard InChI is InChI=1S/C21H18ClNO5S/c22-18-8-4-5-9-20(18)28-16-10-12-17(13-11-16)29(26,27)23-19(21(24)25)14-15-6-2-1-3-7-15/h1-13,19,23H,14H2,(H,24,25)/p-1/t19-/m0/s1. The van der Waals surface area contributed by atoms with Gasteiger partial charge in [0.15, 0.2) is 0 Å². The molecule has 6 nitrogen and oxygen atoms in total. The zero-order valence-corrected chi connectivity index (χ0v) is 16.7. The molecular formula is C21H17ClNO5S-. The van der Waals surface area contributed by atoms with Gasteiger partial charge in [-0.2, -0.15) is 0 Å². The van der Waals surface area contributed by atoms with Crippen LogP contribution in [0.1, 0.15) is 5.56 Å². The number of aliphatic carboxylic acids is 1. The van der Waals surface area contributed by atoms with Gasteiger partial charge in [0.25, 0.3) is 0 Å². The molecule has 0 aliphatic heterocycles. The maximum Gasteiger partial charge on any atom is 0.241 e. The Hall–Kier alpha value is -2.87. The van der Waals surface area contributed by atoms with Crippen LogP contribution in [0.3, 0.4) is 0 Å². The first kappa shape index (κ1) is 20.9. The predicted molar refractivity (Wildman–Crippen MR) is 107 cm³/mol. The first-order valence-corrected chi connectivity index (χ1v) is 10.5. The Balaban J connectivity index is 1.74. The van der Waals surface area contributed by atoms with Gasteiger partial charge in [-0.3, -0.25) is 0 Å². The van der Waals surface area contributed by atoms with Crippen molar-refractivity contribution in [2.24, 2.45) is 0 Å². The third-order valence-electron chi connectivity index (χ3n) is 4.06. The number of sulfonamides is 1. The minimum absolute atomic E-state index is 0.0316. The van der Waals surface area contributed by atoms with Crippen molar-refractivity contribution in [3.8, 4) is 11.5 Å². The number of rotatable bonds is 8. The van der Waals surface area contributed by atoms with Gasteiger partial charge in [0.2, 0.25) is 10.0 Å². The topological polar surface area (TPSA) is 95.5 Å². The van der Waals surface area contributed by atoms with Crippen LogP contribution < -0.4 is 14.6 Å². The number of benzene rings is 3. The van der Waals surface area contributed by atoms with Gasteiger partial charge in [0.1, 0.15) is 11.5 Å². The molecule has 3 aromatic carbocycles. The average molecular weight is 431 g/mol. The highest BCUT2D eigenvalue weighted by atomic mass is 35.5. The number of carboxylic acids is 1. The van der Waals surface area contributed by atoms with Crippen LogP contribution in [0.4, 0.5) is 0 Å². The number of ether oxygens (including phenoxy) is 1. The Morgan fingerprint density at radius 2 is 1.59 bits per heavy atom. The molecule has 0 saturated carbocycles. The maximum absolute atomic E-state index is 12.6. The summed E-state index contributed by atoms with van der Waals surface area (Å²) in [5, 5.41) is 11.9. The molecule has 0 spiro atoms. The second kappa shape index (κ2) is 9.09. The zero-order chi connectivity index (χ0) is 20.9. The van der Waals surface area contributed by atoms with Gasteiger partial charge in [-0.15, -0.1) is 0 Å². The number of carbonyl (C=O) groups is 1. The Bertz CT molecular complexity index is 1090. The summed E-state index contributed by atoms with van der Waals surface area (Å²) in [4.78, 5) is 11.3. The van der Waals surface area contributed by atoms with E-state index >= 15 is 0 Å². The van der Waals surface area contributed by atoms with Crippen LogP contribution in [0.5, 0.6) is 11.5 Å². The summed E-state index contributed by atoms with van der Waals surface area (Å²) in [7, 11) is -4.07. The van der Waals surface area contributed by atoms with E-state index in [1.165, 1.54) is 24.3 Å². The molecule has 0 fully saturated rings. The van der Waals surface area contributed by atoms with E-state index in [-0.39, 0.29) is 11.3 Å². The summed E-state index contributed by atoms with van der Waals surface area (Å²) in [5.74, 6) is -0.684. The van der Waals surface area contributed by atoms with E-state index in [0.717, 1.165) is 0 Å². The van der Waals surface area contributed by atoms with Crippen molar-refractivity contribution < 1.29 is 23.1 Å². The van der Waals surface area contributed by atoms with Crippen molar-refractivity contribution in [2.45, 2.75) is 17.4 Å². The molecule has 150 valence electrons. The number of hydrogen-bond donors (Lipinski definition) is 1. The molecule has 0 unspecified atom stereocenters. The summed E-state index contributed by atoms with van der Waals surface area (Å²) in [6, 6.07) is 19.7. The molecule has 0 bridgehead atoms. The first-order valence-electron chi connectivity index (χ1n) is 8.65. The van der Waals surface area contributed by atoms with Gasteiger partial charge >= 0.3 is 0 Å². The summed E-state index contributed by atoms with van der Waals surface area (Å²) in [6.45, 7) is 0. The summed E-state index contributed by atoms with van der Waals surface area (Å²) < 4.78 is 33.0. The average Bonchev–Trinajstić information content (AvgIpc) is 2.70. The fourth-order valence-corrected chi connectivity index (χ4v) is 3.98. The lowest BCUT2D eigenvalue weighted by Gasteiger charge is -2.20. The van der Waals surface area contributed by atoms with Crippen molar-refractivity contribution in [1.29, 1.82) is 0 Å². The molecule has 0 radical (unpaired) electrons. The molecule has 0 aromatic heterocycles. The molecule has 3 rings (SSSR count). The van der Waals surface area contributed by atoms with E-state index < -0.39 is 22.0 Å². The second-order valence-corrected chi connectivity index (χ2v) is 8.31. The van der Waals surface area contributed by atoms with Crippen molar-refractivity contribution in [3.63, 3.8) is 0 Å². The lowest BCUT2D eigenvalue weighted by Crippen LogP contribution is -2.49. The summed E-state index contributed by atoms with van der Waals surface area (Å²) in [5.41, 5.74) is 0.674. The van der Waals surface area contributed by atoms with Crippen molar-refractivity contribution >= 4 is 27.6 Å². The molecular weight excluding hydrogens is 414 g/mol. The molecule has 0 saturated heterocycles.